The number of halogens is 3. The molecule has 0 radical (unpaired) electrons. The highest BCUT2D eigenvalue weighted by Crippen LogP contribution is 2.49. The van der Waals surface area contributed by atoms with Crippen LogP contribution < -0.4 is 0 Å². The molecule has 1 aliphatic carbocycles. The van der Waals surface area contributed by atoms with E-state index in [2.05, 4.69) is 0 Å². The van der Waals surface area contributed by atoms with Gasteiger partial charge in [-0.2, -0.15) is 13.2 Å². The first-order valence-electron chi connectivity index (χ1n) is 6.91. The quantitative estimate of drug-likeness (QED) is 0.783. The maximum atomic E-state index is 12.4. The molecule has 114 valence electrons. The van der Waals surface area contributed by atoms with Crippen LogP contribution in [-0.4, -0.2) is 25.0 Å². The number of cyclic esters (lactones) is 1. The van der Waals surface area contributed by atoms with Crippen molar-refractivity contribution in [3.8, 4) is 0 Å². The highest BCUT2D eigenvalue weighted by Gasteiger charge is 2.51. The minimum absolute atomic E-state index is 0.436. The van der Waals surface area contributed by atoms with E-state index in [1.807, 2.05) is 0 Å². The third kappa shape index (κ3) is 2.52. The highest BCUT2D eigenvalue weighted by molar-refractivity contribution is 5.93. The molecule has 1 aromatic carbocycles. The van der Waals surface area contributed by atoms with Crippen LogP contribution in [0.2, 0.25) is 0 Å². The Kier molecular flexibility index (Phi) is 3.43. The van der Waals surface area contributed by atoms with E-state index in [1.54, 1.807) is 24.3 Å². The topological polar surface area (TPSA) is 35.5 Å². The Morgan fingerprint density at radius 1 is 1.24 bits per heavy atom. The van der Waals surface area contributed by atoms with E-state index in [-0.39, 0.29) is 0 Å². The van der Waals surface area contributed by atoms with E-state index >= 15 is 0 Å². The molecular weight excluding hydrogens is 285 g/mol. The first-order chi connectivity index (χ1) is 9.92. The van der Waals surface area contributed by atoms with Crippen LogP contribution in [0.5, 0.6) is 0 Å². The van der Waals surface area contributed by atoms with Crippen molar-refractivity contribution in [2.45, 2.75) is 43.6 Å². The molecule has 1 aliphatic heterocycles. The monoisotopic (exact) mass is 300 g/mol. The van der Waals surface area contributed by atoms with Gasteiger partial charge in [-0.15, -0.1) is 0 Å². The first kappa shape index (κ1) is 14.4. The van der Waals surface area contributed by atoms with E-state index in [4.69, 9.17) is 9.47 Å². The minimum atomic E-state index is -4.44. The number of hydrogen-bond acceptors (Lipinski definition) is 3. The van der Waals surface area contributed by atoms with Crippen LogP contribution >= 0.6 is 0 Å². The normalized spacial score (nSPS) is 24.0. The first-order valence-corrected chi connectivity index (χ1v) is 6.91. The molecule has 1 fully saturated rings. The maximum Gasteiger partial charge on any atom is 0.411 e. The van der Waals surface area contributed by atoms with Gasteiger partial charge in [0.1, 0.15) is 6.61 Å². The maximum absolute atomic E-state index is 12.4. The molecule has 1 spiro atoms. The number of benzene rings is 1. The number of rotatable bonds is 2. The van der Waals surface area contributed by atoms with Crippen molar-refractivity contribution < 1.29 is 27.4 Å². The summed E-state index contributed by atoms with van der Waals surface area (Å²) in [5.74, 6) is -0.615. The molecule has 1 atom stereocenters. The minimum Gasteiger partial charge on any atom is -0.431 e. The lowest BCUT2D eigenvalue weighted by Crippen LogP contribution is -2.48. The van der Waals surface area contributed by atoms with Crippen molar-refractivity contribution in [1.29, 1.82) is 0 Å². The zero-order valence-electron chi connectivity index (χ0n) is 11.3. The second-order valence-corrected chi connectivity index (χ2v) is 5.57. The van der Waals surface area contributed by atoms with Gasteiger partial charge in [-0.25, -0.2) is 4.79 Å². The second kappa shape index (κ2) is 5.02. The third-order valence-corrected chi connectivity index (χ3v) is 4.24. The van der Waals surface area contributed by atoms with Gasteiger partial charge in [0, 0.05) is 0 Å². The fourth-order valence-corrected chi connectivity index (χ4v) is 3.37. The Bertz CT molecular complexity index is 547. The Morgan fingerprint density at radius 2 is 1.90 bits per heavy atom. The predicted octanol–water partition coefficient (Wildman–Crippen LogP) is 3.57. The summed E-state index contributed by atoms with van der Waals surface area (Å²) >= 11 is 0. The number of esters is 1. The molecule has 1 aromatic rings. The van der Waals surface area contributed by atoms with Gasteiger partial charge in [-0.3, -0.25) is 0 Å². The Balaban J connectivity index is 1.96. The number of carbonyl (C=O) groups excluding carboxylic acids is 1. The lowest BCUT2D eigenvalue weighted by atomic mass is 9.74. The molecule has 0 saturated heterocycles. The van der Waals surface area contributed by atoms with Gasteiger partial charge in [-0.05, 0) is 24.5 Å². The van der Waals surface area contributed by atoms with E-state index in [0.29, 0.717) is 18.4 Å². The predicted molar refractivity (Wildman–Crippen MR) is 67.8 cm³/mol. The zero-order chi connectivity index (χ0) is 15.1. The Hall–Kier alpha value is -1.56. The molecular formula is C15H15F3O3. The number of hydrogen-bond donors (Lipinski definition) is 0. The summed E-state index contributed by atoms with van der Waals surface area (Å²) < 4.78 is 47.4. The van der Waals surface area contributed by atoms with E-state index in [1.165, 1.54) is 0 Å². The lowest BCUT2D eigenvalue weighted by molar-refractivity contribution is -0.235. The molecule has 1 heterocycles. The van der Waals surface area contributed by atoms with E-state index in [9.17, 15) is 18.0 Å². The summed E-state index contributed by atoms with van der Waals surface area (Å²) in [4.78, 5) is 12.0. The van der Waals surface area contributed by atoms with Crippen molar-refractivity contribution in [3.63, 3.8) is 0 Å². The fourth-order valence-electron chi connectivity index (χ4n) is 3.37. The van der Waals surface area contributed by atoms with Gasteiger partial charge in [0.15, 0.2) is 0 Å². The molecule has 21 heavy (non-hydrogen) atoms. The number of alkyl halides is 3. The van der Waals surface area contributed by atoms with E-state index in [0.717, 1.165) is 18.4 Å². The molecule has 0 aromatic heterocycles. The smallest absolute Gasteiger partial charge is 0.411 e. The number of carbonyl (C=O) groups is 1. The van der Waals surface area contributed by atoms with Gasteiger partial charge in [-0.1, -0.05) is 31.0 Å². The Labute approximate surface area is 120 Å². The summed E-state index contributed by atoms with van der Waals surface area (Å²) in [7, 11) is 0. The van der Waals surface area contributed by atoms with Gasteiger partial charge in [0.2, 0.25) is 6.29 Å². The van der Waals surface area contributed by atoms with Crippen molar-refractivity contribution in [3.05, 3.63) is 35.4 Å². The van der Waals surface area contributed by atoms with Gasteiger partial charge < -0.3 is 9.47 Å². The van der Waals surface area contributed by atoms with Crippen LogP contribution in [0, 0.1) is 0 Å². The van der Waals surface area contributed by atoms with Crippen LogP contribution in [0.15, 0.2) is 24.3 Å². The van der Waals surface area contributed by atoms with Crippen molar-refractivity contribution >= 4 is 5.97 Å². The summed E-state index contributed by atoms with van der Waals surface area (Å²) in [5, 5.41) is 0. The van der Waals surface area contributed by atoms with Crippen molar-refractivity contribution in [2.24, 2.45) is 0 Å². The average molecular weight is 300 g/mol. The molecule has 0 bridgehead atoms. The molecule has 3 rings (SSSR count). The summed E-state index contributed by atoms with van der Waals surface area (Å²) in [6, 6.07) is 6.96. The Morgan fingerprint density at radius 3 is 2.57 bits per heavy atom. The molecule has 0 N–H and O–H groups in total. The van der Waals surface area contributed by atoms with Crippen LogP contribution in [-0.2, 0) is 14.9 Å². The van der Waals surface area contributed by atoms with Gasteiger partial charge in [0.25, 0.3) is 0 Å². The third-order valence-electron chi connectivity index (χ3n) is 4.24. The van der Waals surface area contributed by atoms with Crippen LogP contribution in [0.1, 0.15) is 41.6 Å². The van der Waals surface area contributed by atoms with Gasteiger partial charge >= 0.3 is 12.1 Å². The largest absolute Gasteiger partial charge is 0.431 e. The molecule has 1 unspecified atom stereocenters. The molecule has 0 amide bonds. The SMILES string of the molecule is O=C1OC(OCC(F)(F)F)C2(CCCC2)c2ccccc21. The standard InChI is InChI=1S/C15H15F3O3/c16-15(17,18)9-20-13-14(7-3-4-8-14)11-6-2-1-5-10(11)12(19)21-13/h1-2,5-6,13H,3-4,7-9H2. The fraction of sp³-hybridized carbons (Fsp3) is 0.533. The highest BCUT2D eigenvalue weighted by atomic mass is 19.4. The van der Waals surface area contributed by atoms with Crippen LogP contribution in [0.25, 0.3) is 0 Å². The van der Waals surface area contributed by atoms with Crippen LogP contribution in [0.4, 0.5) is 13.2 Å². The van der Waals surface area contributed by atoms with Crippen LogP contribution in [0.3, 0.4) is 0 Å². The summed E-state index contributed by atoms with van der Waals surface area (Å²) in [6.45, 7) is -1.41. The average Bonchev–Trinajstić information content (AvgIpc) is 2.91. The van der Waals surface area contributed by atoms with Gasteiger partial charge in [0.05, 0.1) is 11.0 Å². The second-order valence-electron chi connectivity index (χ2n) is 5.57. The summed E-state index contributed by atoms with van der Waals surface area (Å²) in [5.41, 5.74) is 0.549. The number of fused-ring (bicyclic) bond motifs is 2. The van der Waals surface area contributed by atoms with Crippen molar-refractivity contribution in [1.82, 2.24) is 0 Å². The molecule has 6 heteroatoms. The number of ether oxygens (including phenoxy) is 2. The molecule has 1 saturated carbocycles. The van der Waals surface area contributed by atoms with Crippen molar-refractivity contribution in [2.75, 3.05) is 6.61 Å². The molecule has 3 nitrogen and oxygen atoms in total. The lowest BCUT2D eigenvalue weighted by Gasteiger charge is -2.41. The molecule has 2 aliphatic rings. The zero-order valence-corrected chi connectivity index (χ0v) is 11.3. The van der Waals surface area contributed by atoms with E-state index < -0.39 is 30.5 Å². The summed E-state index contributed by atoms with van der Waals surface area (Å²) in [6.07, 6.45) is -2.50.